The third-order valence-corrected chi connectivity index (χ3v) is 6.13. The van der Waals surface area contributed by atoms with Gasteiger partial charge < -0.3 is 15.0 Å². The van der Waals surface area contributed by atoms with E-state index in [0.717, 1.165) is 67.3 Å². The van der Waals surface area contributed by atoms with Crippen LogP contribution < -0.4 is 5.32 Å². The zero-order valence-electron chi connectivity index (χ0n) is 18.4. The Bertz CT molecular complexity index is 1200. The predicted octanol–water partition coefficient (Wildman–Crippen LogP) is 4.14. The van der Waals surface area contributed by atoms with E-state index in [1.165, 1.54) is 10.8 Å². The summed E-state index contributed by atoms with van der Waals surface area (Å²) in [5.74, 6) is 0.794. The highest BCUT2D eigenvalue weighted by molar-refractivity contribution is 5.97. The highest BCUT2D eigenvalue weighted by Gasteiger charge is 2.13. The molecule has 0 saturated carbocycles. The van der Waals surface area contributed by atoms with E-state index in [0.29, 0.717) is 12.1 Å². The van der Waals surface area contributed by atoms with Gasteiger partial charge in [0.05, 0.1) is 24.2 Å². The summed E-state index contributed by atoms with van der Waals surface area (Å²) in [7, 11) is 0. The first-order valence-corrected chi connectivity index (χ1v) is 11.3. The lowest BCUT2D eigenvalue weighted by molar-refractivity contribution is 0.0374. The van der Waals surface area contributed by atoms with Crippen molar-refractivity contribution in [2.45, 2.75) is 13.3 Å². The van der Waals surface area contributed by atoms with Crippen molar-refractivity contribution in [2.24, 2.45) is 0 Å². The molecule has 6 heteroatoms. The zero-order chi connectivity index (χ0) is 21.9. The van der Waals surface area contributed by atoms with Gasteiger partial charge in [-0.25, -0.2) is 4.98 Å². The van der Waals surface area contributed by atoms with E-state index in [1.54, 1.807) is 0 Å². The van der Waals surface area contributed by atoms with Gasteiger partial charge in [0.2, 0.25) is 0 Å². The van der Waals surface area contributed by atoms with E-state index in [4.69, 9.17) is 9.72 Å². The van der Waals surface area contributed by atoms with Crippen LogP contribution in [0.4, 0.5) is 0 Å². The molecule has 2 heterocycles. The standard InChI is InChI=1S/C26H28N4O2/c1-18-15-21(26(31)27-9-4-10-30-11-13-32-14-12-30)7-8-22(18)25-28-23-16-19-5-2-3-6-20(19)17-24(23)29-25/h2-3,5-8,15-17H,4,9-14H2,1H3,(H,27,31)(H,28,29). The Hall–Kier alpha value is -3.22. The highest BCUT2D eigenvalue weighted by atomic mass is 16.5. The van der Waals surface area contributed by atoms with Gasteiger partial charge in [0, 0.05) is 30.8 Å². The number of benzene rings is 3. The Morgan fingerprint density at radius 2 is 1.88 bits per heavy atom. The smallest absolute Gasteiger partial charge is 0.251 e. The largest absolute Gasteiger partial charge is 0.379 e. The second kappa shape index (κ2) is 9.10. The number of ether oxygens (including phenoxy) is 1. The van der Waals surface area contributed by atoms with Crippen molar-refractivity contribution in [3.05, 3.63) is 65.7 Å². The molecule has 1 amide bonds. The molecule has 3 aromatic carbocycles. The summed E-state index contributed by atoms with van der Waals surface area (Å²) < 4.78 is 5.37. The SMILES string of the molecule is Cc1cc(C(=O)NCCCN2CCOCC2)ccc1-c1nc2cc3ccccc3cc2[nH]1. The van der Waals surface area contributed by atoms with E-state index < -0.39 is 0 Å². The van der Waals surface area contributed by atoms with Crippen molar-refractivity contribution < 1.29 is 9.53 Å². The molecule has 1 saturated heterocycles. The van der Waals surface area contributed by atoms with Crippen molar-refractivity contribution in [2.75, 3.05) is 39.4 Å². The van der Waals surface area contributed by atoms with Crippen molar-refractivity contribution >= 4 is 27.7 Å². The Kier molecular flexibility index (Phi) is 5.88. The molecule has 6 nitrogen and oxygen atoms in total. The van der Waals surface area contributed by atoms with Crippen LogP contribution in [0.5, 0.6) is 0 Å². The lowest BCUT2D eigenvalue weighted by Crippen LogP contribution is -2.38. The molecule has 0 radical (unpaired) electrons. The summed E-state index contributed by atoms with van der Waals surface area (Å²) in [6.45, 7) is 7.25. The van der Waals surface area contributed by atoms with Crippen molar-refractivity contribution in [3.8, 4) is 11.4 Å². The minimum Gasteiger partial charge on any atom is -0.379 e. The minimum atomic E-state index is -0.0301. The molecule has 0 aliphatic carbocycles. The second-order valence-electron chi connectivity index (χ2n) is 8.40. The maximum absolute atomic E-state index is 12.6. The fraction of sp³-hybridized carbons (Fsp3) is 0.308. The number of aromatic nitrogens is 2. The molecular formula is C26H28N4O2. The third kappa shape index (κ3) is 4.38. The number of hydrogen-bond acceptors (Lipinski definition) is 4. The molecule has 1 aromatic heterocycles. The first kappa shape index (κ1) is 20.7. The molecule has 2 N–H and O–H groups in total. The average molecular weight is 429 g/mol. The summed E-state index contributed by atoms with van der Waals surface area (Å²) in [6, 6.07) is 18.3. The first-order chi connectivity index (χ1) is 15.7. The van der Waals surface area contributed by atoms with E-state index in [9.17, 15) is 4.79 Å². The number of aromatic amines is 1. The van der Waals surface area contributed by atoms with Crippen LogP contribution in [0.25, 0.3) is 33.2 Å². The summed E-state index contributed by atoms with van der Waals surface area (Å²) >= 11 is 0. The van der Waals surface area contributed by atoms with E-state index in [2.05, 4.69) is 39.5 Å². The molecule has 0 atom stereocenters. The topological polar surface area (TPSA) is 70.2 Å². The molecule has 5 rings (SSSR count). The Labute approximate surface area is 187 Å². The molecule has 164 valence electrons. The number of morpholine rings is 1. The molecule has 32 heavy (non-hydrogen) atoms. The molecule has 0 unspecified atom stereocenters. The maximum Gasteiger partial charge on any atom is 0.251 e. The number of aryl methyl sites for hydroxylation is 1. The van der Waals surface area contributed by atoms with Gasteiger partial charge in [-0.15, -0.1) is 0 Å². The van der Waals surface area contributed by atoms with Crippen LogP contribution in [0.3, 0.4) is 0 Å². The normalized spacial score (nSPS) is 14.8. The fourth-order valence-electron chi connectivity index (χ4n) is 4.33. The minimum absolute atomic E-state index is 0.0301. The number of imidazole rings is 1. The number of fused-ring (bicyclic) bond motifs is 2. The number of nitrogens with zero attached hydrogens (tertiary/aromatic N) is 2. The van der Waals surface area contributed by atoms with Crippen molar-refractivity contribution in [3.63, 3.8) is 0 Å². The van der Waals surface area contributed by atoms with Gasteiger partial charge >= 0.3 is 0 Å². The average Bonchev–Trinajstić information content (AvgIpc) is 3.23. The van der Waals surface area contributed by atoms with Gasteiger partial charge in [0.15, 0.2) is 0 Å². The summed E-state index contributed by atoms with van der Waals surface area (Å²) in [6.07, 6.45) is 0.941. The number of rotatable bonds is 6. The zero-order valence-corrected chi connectivity index (χ0v) is 18.4. The number of H-pyrrole nitrogens is 1. The van der Waals surface area contributed by atoms with Gasteiger partial charge in [0.25, 0.3) is 5.91 Å². The molecule has 1 aliphatic heterocycles. The molecule has 0 bridgehead atoms. The molecule has 4 aromatic rings. The number of carbonyl (C=O) groups is 1. The van der Waals surface area contributed by atoms with Gasteiger partial charge in [0.1, 0.15) is 5.82 Å². The molecular weight excluding hydrogens is 400 g/mol. The van der Waals surface area contributed by atoms with Gasteiger partial charge in [-0.3, -0.25) is 9.69 Å². The fourth-order valence-corrected chi connectivity index (χ4v) is 4.33. The first-order valence-electron chi connectivity index (χ1n) is 11.3. The number of amides is 1. The molecule has 1 aliphatic rings. The molecule has 0 spiro atoms. The van der Waals surface area contributed by atoms with Crippen molar-refractivity contribution in [1.29, 1.82) is 0 Å². The third-order valence-electron chi connectivity index (χ3n) is 6.13. The van der Waals surface area contributed by atoms with Crippen LogP contribution >= 0.6 is 0 Å². The van der Waals surface area contributed by atoms with E-state index in [1.807, 2.05) is 37.3 Å². The maximum atomic E-state index is 12.6. The Morgan fingerprint density at radius 1 is 1.09 bits per heavy atom. The van der Waals surface area contributed by atoms with Crippen LogP contribution in [-0.4, -0.2) is 60.2 Å². The van der Waals surface area contributed by atoms with Crippen LogP contribution in [-0.2, 0) is 4.74 Å². The van der Waals surface area contributed by atoms with Crippen LogP contribution in [0, 0.1) is 6.92 Å². The monoisotopic (exact) mass is 428 g/mol. The summed E-state index contributed by atoms with van der Waals surface area (Å²) in [5.41, 5.74) is 4.67. The lowest BCUT2D eigenvalue weighted by Gasteiger charge is -2.26. The number of nitrogens with one attached hydrogen (secondary N) is 2. The quantitative estimate of drug-likeness (QED) is 0.453. The van der Waals surface area contributed by atoms with Crippen LogP contribution in [0.2, 0.25) is 0 Å². The van der Waals surface area contributed by atoms with Gasteiger partial charge in [-0.05, 0) is 60.5 Å². The van der Waals surface area contributed by atoms with Crippen molar-refractivity contribution in [1.82, 2.24) is 20.2 Å². The summed E-state index contributed by atoms with van der Waals surface area (Å²) in [4.78, 5) is 23.2. The van der Waals surface area contributed by atoms with Gasteiger partial charge in [-0.1, -0.05) is 30.3 Å². The predicted molar refractivity (Wildman–Crippen MR) is 128 cm³/mol. The molecule has 1 fully saturated rings. The second-order valence-corrected chi connectivity index (χ2v) is 8.40. The van der Waals surface area contributed by atoms with Gasteiger partial charge in [-0.2, -0.15) is 0 Å². The van der Waals surface area contributed by atoms with E-state index in [-0.39, 0.29) is 5.91 Å². The van der Waals surface area contributed by atoms with E-state index >= 15 is 0 Å². The van der Waals surface area contributed by atoms with Crippen LogP contribution in [0.15, 0.2) is 54.6 Å². The Balaban J connectivity index is 1.26. The summed E-state index contributed by atoms with van der Waals surface area (Å²) in [5, 5.41) is 5.41. The highest BCUT2D eigenvalue weighted by Crippen LogP contribution is 2.27. The Morgan fingerprint density at radius 3 is 2.66 bits per heavy atom. The number of carbonyl (C=O) groups excluding carboxylic acids is 1. The van der Waals surface area contributed by atoms with Crippen LogP contribution in [0.1, 0.15) is 22.3 Å². The number of hydrogen-bond donors (Lipinski definition) is 2. The lowest BCUT2D eigenvalue weighted by atomic mass is 10.0.